The molecule has 0 aliphatic carbocycles. The van der Waals surface area contributed by atoms with E-state index in [1.54, 1.807) is 0 Å². The Labute approximate surface area is 240 Å². The van der Waals surface area contributed by atoms with Gasteiger partial charge in [0.05, 0.1) is 33.2 Å². The van der Waals surface area contributed by atoms with Crippen molar-refractivity contribution in [3.63, 3.8) is 0 Å². The molecule has 224 valence electrons. The Hall–Kier alpha value is -1.34. The summed E-state index contributed by atoms with van der Waals surface area (Å²) < 4.78 is 0.640. The Morgan fingerprint density at radius 3 is 1.55 bits per heavy atom. The van der Waals surface area contributed by atoms with Gasteiger partial charge in [0.1, 0.15) is 0 Å². The van der Waals surface area contributed by atoms with Crippen LogP contribution in [-0.2, 0) is 14.4 Å². The van der Waals surface area contributed by atoms with Gasteiger partial charge in [0.15, 0.2) is 6.67 Å². The average Bonchev–Trinajstić information content (AvgIpc) is 3.26. The fourth-order valence-electron chi connectivity index (χ4n) is 5.11. The molecule has 3 amide bonds. The highest BCUT2D eigenvalue weighted by atomic mass is 35.5. The van der Waals surface area contributed by atoms with Gasteiger partial charge in [-0.1, -0.05) is 90.9 Å². The first-order valence-corrected chi connectivity index (χ1v) is 15.5. The second-order valence-corrected chi connectivity index (χ2v) is 11.4. The molecule has 0 spiro atoms. The number of rotatable bonds is 24. The first-order valence-electron chi connectivity index (χ1n) is 15.5. The third-order valence-electron chi connectivity index (χ3n) is 7.65. The number of quaternary nitrogens is 1. The van der Waals surface area contributed by atoms with Gasteiger partial charge in [-0.2, -0.15) is 0 Å². The van der Waals surface area contributed by atoms with Crippen LogP contribution >= 0.6 is 0 Å². The van der Waals surface area contributed by atoms with E-state index < -0.39 is 0 Å². The molecular formula is C30H59ClN4O3. The number of likely N-dealkylation sites (N-methyl/N-ethyl adjacent to an activating group) is 1. The Balaban J connectivity index is 0.0000137. The average molecular weight is 559 g/mol. The van der Waals surface area contributed by atoms with E-state index in [-0.39, 0.29) is 30.1 Å². The highest BCUT2D eigenvalue weighted by Gasteiger charge is 2.30. The molecule has 0 aromatic carbocycles. The number of carbonyl (C=O) groups is 3. The van der Waals surface area contributed by atoms with Crippen LogP contribution in [0.5, 0.6) is 0 Å². The molecule has 0 saturated carbocycles. The van der Waals surface area contributed by atoms with Crippen molar-refractivity contribution < 1.29 is 31.3 Å². The van der Waals surface area contributed by atoms with E-state index in [9.17, 15) is 14.4 Å². The summed E-state index contributed by atoms with van der Waals surface area (Å²) in [6.45, 7) is 8.60. The van der Waals surface area contributed by atoms with Crippen molar-refractivity contribution in [3.05, 3.63) is 0 Å². The fourth-order valence-corrected chi connectivity index (χ4v) is 5.11. The molecule has 0 radical (unpaired) electrons. The van der Waals surface area contributed by atoms with Crippen LogP contribution in [0.4, 0.5) is 0 Å². The van der Waals surface area contributed by atoms with E-state index in [1.807, 2.05) is 4.90 Å². The minimum absolute atomic E-state index is 0. The maximum atomic E-state index is 12.3. The van der Waals surface area contributed by atoms with Crippen molar-refractivity contribution in [1.29, 1.82) is 0 Å². The van der Waals surface area contributed by atoms with Crippen LogP contribution in [0.3, 0.4) is 0 Å². The summed E-state index contributed by atoms with van der Waals surface area (Å²) in [4.78, 5) is 38.8. The summed E-state index contributed by atoms with van der Waals surface area (Å²) in [5.74, 6) is 0.469. The van der Waals surface area contributed by atoms with Crippen LogP contribution in [0.25, 0.3) is 0 Å². The zero-order valence-electron chi connectivity index (χ0n) is 25.0. The molecule has 1 rings (SSSR count). The Morgan fingerprint density at radius 2 is 1.16 bits per heavy atom. The van der Waals surface area contributed by atoms with E-state index >= 15 is 0 Å². The lowest BCUT2D eigenvalue weighted by Crippen LogP contribution is -3.00. The maximum absolute atomic E-state index is 12.3. The largest absolute Gasteiger partial charge is 1.00 e. The molecule has 2 N–H and O–H groups in total. The molecule has 1 aliphatic heterocycles. The first-order chi connectivity index (χ1) is 17.9. The van der Waals surface area contributed by atoms with Gasteiger partial charge >= 0.3 is 0 Å². The van der Waals surface area contributed by atoms with Crippen molar-refractivity contribution in [1.82, 2.24) is 15.5 Å². The van der Waals surface area contributed by atoms with Crippen molar-refractivity contribution in [3.8, 4) is 0 Å². The Kier molecular flexibility index (Phi) is 22.7. The molecule has 0 aromatic rings. The molecule has 1 fully saturated rings. The maximum Gasteiger partial charge on any atom is 0.226 e. The molecule has 1 saturated heterocycles. The number of unbranched alkanes of at least 4 members (excludes halogenated alkanes) is 12. The van der Waals surface area contributed by atoms with Gasteiger partial charge in [-0.15, -0.1) is 0 Å². The highest BCUT2D eigenvalue weighted by molar-refractivity contribution is 5.78. The monoisotopic (exact) mass is 558 g/mol. The van der Waals surface area contributed by atoms with Crippen LogP contribution in [0.1, 0.15) is 129 Å². The summed E-state index contributed by atoms with van der Waals surface area (Å²) in [7, 11) is 2.14. The summed E-state index contributed by atoms with van der Waals surface area (Å²) in [6.07, 6.45) is 19.6. The van der Waals surface area contributed by atoms with Gasteiger partial charge in [-0.25, -0.2) is 0 Å². The Bertz CT molecular complexity index is 597. The topological polar surface area (TPSA) is 78.5 Å². The number of halogens is 1. The van der Waals surface area contributed by atoms with E-state index in [4.69, 9.17) is 0 Å². The van der Waals surface area contributed by atoms with E-state index in [0.717, 1.165) is 51.7 Å². The van der Waals surface area contributed by atoms with Gasteiger partial charge in [0.25, 0.3) is 0 Å². The first kappa shape index (κ1) is 36.7. The SMILES string of the molecule is CCCCCCCCCC(=O)NCC[N+](C)(CCNC(=O)CCCCCCCCC)CN1CCCC1=O.[Cl-]. The normalized spacial score (nSPS) is 13.4. The van der Waals surface area contributed by atoms with Gasteiger partial charge in [0, 0.05) is 25.8 Å². The molecule has 0 bridgehead atoms. The van der Waals surface area contributed by atoms with Crippen LogP contribution in [0.15, 0.2) is 0 Å². The van der Waals surface area contributed by atoms with E-state index in [1.165, 1.54) is 64.2 Å². The quantitative estimate of drug-likeness (QED) is 0.141. The number of hydrogen-bond donors (Lipinski definition) is 2. The third-order valence-corrected chi connectivity index (χ3v) is 7.65. The third kappa shape index (κ3) is 18.8. The molecule has 38 heavy (non-hydrogen) atoms. The highest BCUT2D eigenvalue weighted by Crippen LogP contribution is 2.14. The van der Waals surface area contributed by atoms with Crippen molar-refractivity contribution in [2.24, 2.45) is 0 Å². The molecule has 8 heteroatoms. The molecule has 7 nitrogen and oxygen atoms in total. The summed E-state index contributed by atoms with van der Waals surface area (Å²) in [5, 5.41) is 6.18. The van der Waals surface area contributed by atoms with Gasteiger partial charge in [-0.3, -0.25) is 19.3 Å². The lowest BCUT2D eigenvalue weighted by Gasteiger charge is -2.37. The zero-order valence-corrected chi connectivity index (χ0v) is 25.7. The molecule has 0 unspecified atom stereocenters. The standard InChI is InChI=1S/C30H58N4O3.ClH/c1-4-6-8-10-12-14-16-19-28(35)31-22-25-34(3,27-33-24-18-21-30(33)37)26-23-32-29(36)20-17-15-13-11-9-7-5-2;/h4-27H2,1-3H3,(H-,31,32,35,36);1H. The van der Waals surface area contributed by atoms with Crippen LogP contribution in [0.2, 0.25) is 0 Å². The number of amides is 3. The second kappa shape index (κ2) is 23.5. The van der Waals surface area contributed by atoms with Crippen molar-refractivity contribution >= 4 is 17.7 Å². The predicted octanol–water partition coefficient (Wildman–Crippen LogP) is 2.53. The molecule has 1 aliphatic rings. The summed E-state index contributed by atoms with van der Waals surface area (Å²) in [6, 6.07) is 0. The lowest BCUT2D eigenvalue weighted by molar-refractivity contribution is -0.915. The number of hydrogen-bond acceptors (Lipinski definition) is 3. The minimum Gasteiger partial charge on any atom is -1.00 e. The number of carbonyl (C=O) groups excluding carboxylic acids is 3. The van der Waals surface area contributed by atoms with Gasteiger partial charge < -0.3 is 27.5 Å². The van der Waals surface area contributed by atoms with Crippen molar-refractivity contribution in [2.75, 3.05) is 46.4 Å². The van der Waals surface area contributed by atoms with Gasteiger partial charge in [-0.05, 0) is 19.3 Å². The fraction of sp³-hybridized carbons (Fsp3) is 0.900. The van der Waals surface area contributed by atoms with Crippen LogP contribution < -0.4 is 23.0 Å². The summed E-state index contributed by atoms with van der Waals surface area (Å²) >= 11 is 0. The van der Waals surface area contributed by atoms with E-state index in [0.29, 0.717) is 43.5 Å². The van der Waals surface area contributed by atoms with E-state index in [2.05, 4.69) is 31.5 Å². The zero-order chi connectivity index (χ0) is 27.2. The van der Waals surface area contributed by atoms with Crippen LogP contribution in [0, 0.1) is 0 Å². The number of likely N-dealkylation sites (tertiary alicyclic amines) is 1. The minimum atomic E-state index is 0. The smallest absolute Gasteiger partial charge is 0.226 e. The number of nitrogens with zero attached hydrogens (tertiary/aromatic N) is 2. The van der Waals surface area contributed by atoms with Gasteiger partial charge in [0.2, 0.25) is 17.7 Å². The van der Waals surface area contributed by atoms with Crippen molar-refractivity contribution in [2.45, 2.75) is 129 Å². The summed E-state index contributed by atoms with van der Waals surface area (Å²) in [5.41, 5.74) is 0. The molecular weight excluding hydrogens is 500 g/mol. The molecule has 1 heterocycles. The molecule has 0 aromatic heterocycles. The Morgan fingerprint density at radius 1 is 0.737 bits per heavy atom. The second-order valence-electron chi connectivity index (χ2n) is 11.4. The number of nitrogens with one attached hydrogen (secondary N) is 2. The lowest BCUT2D eigenvalue weighted by atomic mass is 10.1. The molecule has 0 atom stereocenters. The predicted molar refractivity (Wildman–Crippen MR) is 153 cm³/mol. The van der Waals surface area contributed by atoms with Crippen LogP contribution in [-0.4, -0.2) is 73.5 Å².